The highest BCUT2D eigenvalue weighted by atomic mass is 16.6. The Morgan fingerprint density at radius 3 is 2.52 bits per heavy atom. The van der Waals surface area contributed by atoms with Crippen LogP contribution in [0.5, 0.6) is 11.5 Å². The minimum absolute atomic E-state index is 0.0215. The fourth-order valence-corrected chi connectivity index (χ4v) is 3.68. The Morgan fingerprint density at radius 2 is 1.72 bits per heavy atom. The fraction of sp³-hybridized carbons (Fsp3) is 0.364. The van der Waals surface area contributed by atoms with Gasteiger partial charge in [0.25, 0.3) is 5.91 Å². The maximum atomic E-state index is 12.7. The number of hydrogen-bond donors (Lipinski definition) is 2. The molecule has 4 rings (SSSR count). The van der Waals surface area contributed by atoms with E-state index in [9.17, 15) is 9.59 Å². The molecule has 0 aromatic heterocycles. The van der Waals surface area contributed by atoms with Crippen LogP contribution in [0.15, 0.2) is 48.5 Å². The summed E-state index contributed by atoms with van der Waals surface area (Å²) in [4.78, 5) is 27.0. The summed E-state index contributed by atoms with van der Waals surface area (Å²) in [6, 6.07) is 14.9. The van der Waals surface area contributed by atoms with Crippen LogP contribution in [-0.4, -0.2) is 55.6 Å². The first-order valence-electron chi connectivity index (χ1n) is 9.96. The number of nitrogens with one attached hydrogen (secondary N) is 2. The molecule has 2 aromatic carbocycles. The largest absolute Gasteiger partial charge is 0.486 e. The zero-order valence-electron chi connectivity index (χ0n) is 16.2. The second kappa shape index (κ2) is 8.96. The predicted molar refractivity (Wildman–Crippen MR) is 109 cm³/mol. The monoisotopic (exact) mass is 395 g/mol. The number of hydrogen-bond acceptors (Lipinski definition) is 5. The standard InChI is InChI=1S/C22H25N3O4/c26-20(23-16-5-2-1-3-6-16)15-25-11-9-17(10-12-25)24-22(27)18-7-4-8-19-21(18)29-14-13-28-19/h1-8,17H,9-15H2,(H,23,26)(H,24,27). The van der Waals surface area contributed by atoms with Gasteiger partial charge in [-0.05, 0) is 37.1 Å². The van der Waals surface area contributed by atoms with Crippen LogP contribution in [0.3, 0.4) is 0 Å². The van der Waals surface area contributed by atoms with Gasteiger partial charge < -0.3 is 20.1 Å². The molecular weight excluding hydrogens is 370 g/mol. The summed E-state index contributed by atoms with van der Waals surface area (Å²) in [5.41, 5.74) is 1.31. The minimum atomic E-state index is -0.146. The normalized spacial score (nSPS) is 16.8. The van der Waals surface area contributed by atoms with Gasteiger partial charge in [0.15, 0.2) is 11.5 Å². The van der Waals surface area contributed by atoms with E-state index in [-0.39, 0.29) is 17.9 Å². The summed E-state index contributed by atoms with van der Waals surface area (Å²) < 4.78 is 11.2. The van der Waals surface area contributed by atoms with Crippen LogP contribution in [0, 0.1) is 0 Å². The van der Waals surface area contributed by atoms with Crippen molar-refractivity contribution in [3.8, 4) is 11.5 Å². The summed E-state index contributed by atoms with van der Waals surface area (Å²) in [5.74, 6) is 0.966. The lowest BCUT2D eigenvalue weighted by atomic mass is 10.0. The van der Waals surface area contributed by atoms with Crippen molar-refractivity contribution in [2.24, 2.45) is 0 Å². The van der Waals surface area contributed by atoms with Crippen molar-refractivity contribution in [3.05, 3.63) is 54.1 Å². The number of ether oxygens (including phenoxy) is 2. The second-order valence-corrected chi connectivity index (χ2v) is 7.27. The van der Waals surface area contributed by atoms with Crippen molar-refractivity contribution in [2.75, 3.05) is 38.2 Å². The van der Waals surface area contributed by atoms with Crippen molar-refractivity contribution in [3.63, 3.8) is 0 Å². The predicted octanol–water partition coefficient (Wildman–Crippen LogP) is 2.29. The lowest BCUT2D eigenvalue weighted by Gasteiger charge is -2.32. The number of piperidine rings is 1. The number of fused-ring (bicyclic) bond motifs is 1. The molecule has 0 saturated carbocycles. The SMILES string of the molecule is O=C(CN1CCC(NC(=O)c2cccc3c2OCCO3)CC1)Nc1ccccc1. The summed E-state index contributed by atoms with van der Waals surface area (Å²) in [5, 5.41) is 6.00. The van der Waals surface area contributed by atoms with E-state index in [2.05, 4.69) is 15.5 Å². The molecular formula is C22H25N3O4. The molecule has 1 fully saturated rings. The molecule has 0 radical (unpaired) electrons. The zero-order valence-corrected chi connectivity index (χ0v) is 16.2. The number of carbonyl (C=O) groups excluding carboxylic acids is 2. The molecule has 152 valence electrons. The Morgan fingerprint density at radius 1 is 0.966 bits per heavy atom. The number of benzene rings is 2. The van der Waals surface area contributed by atoms with Gasteiger partial charge in [-0.2, -0.15) is 0 Å². The number of anilines is 1. The number of likely N-dealkylation sites (tertiary alicyclic amines) is 1. The Kier molecular flexibility index (Phi) is 5.95. The Bertz CT molecular complexity index is 864. The molecule has 7 heteroatoms. The Balaban J connectivity index is 1.26. The minimum Gasteiger partial charge on any atom is -0.486 e. The van der Waals surface area contributed by atoms with Gasteiger partial charge >= 0.3 is 0 Å². The number of amides is 2. The highest BCUT2D eigenvalue weighted by molar-refractivity contribution is 5.98. The third-order valence-electron chi connectivity index (χ3n) is 5.16. The van der Waals surface area contributed by atoms with Crippen LogP contribution in [0.25, 0.3) is 0 Å². The van der Waals surface area contributed by atoms with E-state index in [4.69, 9.17) is 9.47 Å². The fourth-order valence-electron chi connectivity index (χ4n) is 3.68. The molecule has 2 aromatic rings. The Hall–Kier alpha value is -3.06. The zero-order chi connectivity index (χ0) is 20.1. The van der Waals surface area contributed by atoms with Crippen LogP contribution in [-0.2, 0) is 4.79 Å². The van der Waals surface area contributed by atoms with Gasteiger partial charge in [0.2, 0.25) is 5.91 Å². The molecule has 0 atom stereocenters. The third-order valence-corrected chi connectivity index (χ3v) is 5.16. The van der Waals surface area contributed by atoms with Gasteiger partial charge in [0, 0.05) is 24.8 Å². The molecule has 7 nitrogen and oxygen atoms in total. The van der Waals surface area contributed by atoms with Crippen molar-refractivity contribution in [2.45, 2.75) is 18.9 Å². The first-order valence-corrected chi connectivity index (χ1v) is 9.96. The maximum Gasteiger partial charge on any atom is 0.255 e. The molecule has 0 aliphatic carbocycles. The number of rotatable bonds is 5. The molecule has 29 heavy (non-hydrogen) atoms. The summed E-state index contributed by atoms with van der Waals surface area (Å²) in [6.45, 7) is 2.82. The smallest absolute Gasteiger partial charge is 0.255 e. The highest BCUT2D eigenvalue weighted by Gasteiger charge is 2.25. The van der Waals surface area contributed by atoms with Crippen molar-refractivity contribution in [1.29, 1.82) is 0 Å². The molecule has 2 aliphatic rings. The second-order valence-electron chi connectivity index (χ2n) is 7.27. The lowest BCUT2D eigenvalue weighted by Crippen LogP contribution is -2.46. The molecule has 2 heterocycles. The molecule has 0 bridgehead atoms. The van der Waals surface area contributed by atoms with Gasteiger partial charge in [0.1, 0.15) is 13.2 Å². The molecule has 2 amide bonds. The van der Waals surface area contributed by atoms with Crippen molar-refractivity contribution < 1.29 is 19.1 Å². The average molecular weight is 395 g/mol. The van der Waals surface area contributed by atoms with Gasteiger partial charge in [-0.25, -0.2) is 0 Å². The summed E-state index contributed by atoms with van der Waals surface area (Å²) in [6.07, 6.45) is 1.60. The Labute approximate surface area is 170 Å². The van der Waals surface area contributed by atoms with Crippen LogP contribution in [0.4, 0.5) is 5.69 Å². The number of para-hydroxylation sites is 2. The quantitative estimate of drug-likeness (QED) is 0.812. The molecule has 1 saturated heterocycles. The van der Waals surface area contributed by atoms with Crippen LogP contribution in [0.1, 0.15) is 23.2 Å². The lowest BCUT2D eigenvalue weighted by molar-refractivity contribution is -0.117. The average Bonchev–Trinajstić information content (AvgIpc) is 2.75. The summed E-state index contributed by atoms with van der Waals surface area (Å²) >= 11 is 0. The number of nitrogens with zero attached hydrogens (tertiary/aromatic N) is 1. The van der Waals surface area contributed by atoms with E-state index in [1.54, 1.807) is 12.1 Å². The van der Waals surface area contributed by atoms with E-state index >= 15 is 0 Å². The third kappa shape index (κ3) is 4.86. The first-order chi connectivity index (χ1) is 14.2. The van der Waals surface area contributed by atoms with E-state index in [0.717, 1.165) is 31.6 Å². The molecule has 2 N–H and O–H groups in total. The number of carbonyl (C=O) groups is 2. The van der Waals surface area contributed by atoms with Crippen LogP contribution < -0.4 is 20.1 Å². The molecule has 0 unspecified atom stereocenters. The van der Waals surface area contributed by atoms with E-state index < -0.39 is 0 Å². The maximum absolute atomic E-state index is 12.7. The van der Waals surface area contributed by atoms with Gasteiger partial charge in [-0.1, -0.05) is 24.3 Å². The topological polar surface area (TPSA) is 79.9 Å². The van der Waals surface area contributed by atoms with Gasteiger partial charge in [-0.3, -0.25) is 14.5 Å². The van der Waals surface area contributed by atoms with E-state index in [1.165, 1.54) is 0 Å². The van der Waals surface area contributed by atoms with Crippen molar-refractivity contribution >= 4 is 17.5 Å². The van der Waals surface area contributed by atoms with Gasteiger partial charge in [0.05, 0.1) is 12.1 Å². The van der Waals surface area contributed by atoms with Crippen LogP contribution >= 0.6 is 0 Å². The van der Waals surface area contributed by atoms with Crippen molar-refractivity contribution in [1.82, 2.24) is 10.2 Å². The molecule has 0 spiro atoms. The highest BCUT2D eigenvalue weighted by Crippen LogP contribution is 2.33. The first kappa shape index (κ1) is 19.3. The van der Waals surface area contributed by atoms with E-state index in [1.807, 2.05) is 36.4 Å². The molecule has 2 aliphatic heterocycles. The van der Waals surface area contributed by atoms with Gasteiger partial charge in [-0.15, -0.1) is 0 Å². The summed E-state index contributed by atoms with van der Waals surface area (Å²) in [7, 11) is 0. The van der Waals surface area contributed by atoms with E-state index in [0.29, 0.717) is 36.8 Å². The van der Waals surface area contributed by atoms with Crippen LogP contribution in [0.2, 0.25) is 0 Å².